The molecule has 0 spiro atoms. The maximum absolute atomic E-state index is 10.8. The van der Waals surface area contributed by atoms with Gasteiger partial charge in [-0.15, -0.1) is 0 Å². The molecule has 0 aromatic carbocycles. The highest BCUT2D eigenvalue weighted by atomic mass is 16.8. The molecule has 1 rings (SSSR count). The van der Waals surface area contributed by atoms with Gasteiger partial charge in [0.1, 0.15) is 12.7 Å². The highest BCUT2D eigenvalue weighted by Gasteiger charge is 2.33. The second-order valence-electron chi connectivity index (χ2n) is 3.44. The van der Waals surface area contributed by atoms with Crippen molar-refractivity contribution >= 4 is 6.16 Å². The van der Waals surface area contributed by atoms with E-state index in [4.69, 9.17) is 14.2 Å². The zero-order valence-corrected chi connectivity index (χ0v) is 8.74. The van der Waals surface area contributed by atoms with Crippen LogP contribution in [0.15, 0.2) is 0 Å². The summed E-state index contributed by atoms with van der Waals surface area (Å²) in [6.45, 7) is 6.27. The van der Waals surface area contributed by atoms with Gasteiger partial charge in [0.25, 0.3) is 0 Å². The van der Waals surface area contributed by atoms with E-state index in [0.29, 0.717) is 13.2 Å². The first-order chi connectivity index (χ1) is 6.53. The lowest BCUT2D eigenvalue weighted by molar-refractivity contribution is -0.143. The highest BCUT2D eigenvalue weighted by Crippen LogP contribution is 2.22. The van der Waals surface area contributed by atoms with Gasteiger partial charge < -0.3 is 18.9 Å². The number of carbonyl (C=O) groups excluding carboxylic acids is 1. The Kier molecular flexibility index (Phi) is 3.71. The summed E-state index contributed by atoms with van der Waals surface area (Å²) in [5.41, 5.74) is 0. The van der Waals surface area contributed by atoms with Crippen molar-refractivity contribution in [2.75, 3.05) is 19.8 Å². The molecular formula is C9H16O5. The maximum atomic E-state index is 10.8. The molecule has 0 saturated carbocycles. The van der Waals surface area contributed by atoms with Crippen molar-refractivity contribution in [1.29, 1.82) is 0 Å². The summed E-state index contributed by atoms with van der Waals surface area (Å²) in [4.78, 5) is 10.8. The molecule has 0 aliphatic carbocycles. The highest BCUT2D eigenvalue weighted by molar-refractivity contribution is 5.59. The number of carbonyl (C=O) groups is 1. The minimum absolute atomic E-state index is 0.169. The monoisotopic (exact) mass is 204 g/mol. The van der Waals surface area contributed by atoms with Crippen LogP contribution in [0.3, 0.4) is 0 Å². The van der Waals surface area contributed by atoms with E-state index in [1.807, 2.05) is 13.8 Å². The van der Waals surface area contributed by atoms with Crippen LogP contribution in [0.2, 0.25) is 0 Å². The van der Waals surface area contributed by atoms with Gasteiger partial charge >= 0.3 is 6.16 Å². The fourth-order valence-electron chi connectivity index (χ4n) is 1.17. The predicted octanol–water partition coefficient (Wildman–Crippen LogP) is 1.31. The lowest BCUT2D eigenvalue weighted by atomic mass is 10.4. The Hall–Kier alpha value is -0.810. The lowest BCUT2D eigenvalue weighted by Crippen LogP contribution is -2.25. The number of rotatable bonds is 3. The van der Waals surface area contributed by atoms with Crippen LogP contribution in [0.5, 0.6) is 0 Å². The average Bonchev–Trinajstić information content (AvgIpc) is 2.43. The minimum Gasteiger partial charge on any atom is -0.435 e. The first-order valence-electron chi connectivity index (χ1n) is 4.65. The van der Waals surface area contributed by atoms with Gasteiger partial charge in [0.2, 0.25) is 0 Å². The van der Waals surface area contributed by atoms with Crippen LogP contribution in [0.25, 0.3) is 0 Å². The molecular weight excluding hydrogens is 188 g/mol. The van der Waals surface area contributed by atoms with Crippen molar-refractivity contribution in [3.8, 4) is 0 Å². The minimum atomic E-state index is -0.666. The molecule has 0 N–H and O–H groups in total. The molecule has 1 aliphatic rings. The molecule has 0 aromatic rings. The molecule has 1 fully saturated rings. The molecule has 0 bridgehead atoms. The van der Waals surface area contributed by atoms with Crippen molar-refractivity contribution in [3.63, 3.8) is 0 Å². The van der Waals surface area contributed by atoms with Gasteiger partial charge in [-0.3, -0.25) is 0 Å². The predicted molar refractivity (Wildman–Crippen MR) is 47.9 cm³/mol. The first kappa shape index (κ1) is 11.3. The average molecular weight is 204 g/mol. The first-order valence-corrected chi connectivity index (χ1v) is 4.65. The largest absolute Gasteiger partial charge is 0.508 e. The maximum Gasteiger partial charge on any atom is 0.508 e. The van der Waals surface area contributed by atoms with E-state index in [1.165, 1.54) is 0 Å². The topological polar surface area (TPSA) is 54.0 Å². The lowest BCUT2D eigenvalue weighted by Gasteiger charge is -2.16. The van der Waals surface area contributed by atoms with Gasteiger partial charge in [-0.1, -0.05) is 0 Å². The fourth-order valence-corrected chi connectivity index (χ4v) is 1.17. The Bertz CT molecular complexity index is 201. The third kappa shape index (κ3) is 3.51. The number of hydrogen-bond acceptors (Lipinski definition) is 5. The van der Waals surface area contributed by atoms with E-state index in [9.17, 15) is 4.79 Å². The summed E-state index contributed by atoms with van der Waals surface area (Å²) in [6.07, 6.45) is -0.866. The molecule has 1 atom stereocenters. The summed E-state index contributed by atoms with van der Waals surface area (Å²) in [5.74, 6) is -0.581. The molecule has 0 radical (unpaired) electrons. The molecule has 1 saturated heterocycles. The van der Waals surface area contributed by atoms with E-state index in [2.05, 4.69) is 4.74 Å². The van der Waals surface area contributed by atoms with Crippen molar-refractivity contribution in [2.45, 2.75) is 32.7 Å². The van der Waals surface area contributed by atoms with Gasteiger partial charge in [-0.25, -0.2) is 4.79 Å². The van der Waals surface area contributed by atoms with E-state index < -0.39 is 11.9 Å². The molecule has 82 valence electrons. The van der Waals surface area contributed by atoms with E-state index in [-0.39, 0.29) is 12.7 Å². The van der Waals surface area contributed by atoms with Crippen LogP contribution in [0, 0.1) is 0 Å². The summed E-state index contributed by atoms with van der Waals surface area (Å²) >= 11 is 0. The molecule has 0 amide bonds. The van der Waals surface area contributed by atoms with Crippen LogP contribution >= 0.6 is 0 Å². The van der Waals surface area contributed by atoms with Crippen LogP contribution in [0.4, 0.5) is 4.79 Å². The van der Waals surface area contributed by atoms with Crippen LogP contribution in [-0.2, 0) is 18.9 Å². The standard InChI is InChI=1S/C9H16O5/c1-4-11-8(10)12-5-7-6-13-9(2,3)14-7/h7H,4-6H2,1-3H3/t7-/m1/s1. The summed E-state index contributed by atoms with van der Waals surface area (Å²) in [7, 11) is 0. The van der Waals surface area contributed by atoms with Crippen LogP contribution in [0.1, 0.15) is 20.8 Å². The van der Waals surface area contributed by atoms with Crippen molar-refractivity contribution < 1.29 is 23.7 Å². The van der Waals surface area contributed by atoms with Crippen LogP contribution in [-0.4, -0.2) is 37.9 Å². The summed E-state index contributed by atoms with van der Waals surface area (Å²) < 4.78 is 20.1. The van der Waals surface area contributed by atoms with Gasteiger partial charge in [0, 0.05) is 0 Å². The van der Waals surface area contributed by atoms with Crippen molar-refractivity contribution in [1.82, 2.24) is 0 Å². The fraction of sp³-hybridized carbons (Fsp3) is 0.889. The number of hydrogen-bond donors (Lipinski definition) is 0. The molecule has 1 heterocycles. The smallest absolute Gasteiger partial charge is 0.435 e. The van der Waals surface area contributed by atoms with Gasteiger partial charge in [0.15, 0.2) is 5.79 Å². The molecule has 1 aliphatic heterocycles. The molecule has 0 aromatic heterocycles. The zero-order chi connectivity index (χ0) is 10.6. The zero-order valence-electron chi connectivity index (χ0n) is 8.74. The summed E-state index contributed by atoms with van der Waals surface area (Å²) in [6, 6.07) is 0. The Balaban J connectivity index is 2.17. The van der Waals surface area contributed by atoms with Crippen molar-refractivity contribution in [3.05, 3.63) is 0 Å². The number of ether oxygens (including phenoxy) is 4. The SMILES string of the molecule is CCOC(=O)OC[C@@H]1COC(C)(C)O1. The third-order valence-corrected chi connectivity index (χ3v) is 1.72. The second kappa shape index (κ2) is 4.61. The molecule has 14 heavy (non-hydrogen) atoms. The van der Waals surface area contributed by atoms with Gasteiger partial charge in [-0.2, -0.15) is 0 Å². The van der Waals surface area contributed by atoms with E-state index in [0.717, 1.165) is 0 Å². The van der Waals surface area contributed by atoms with E-state index >= 15 is 0 Å². The van der Waals surface area contributed by atoms with Crippen LogP contribution < -0.4 is 0 Å². The van der Waals surface area contributed by atoms with Crippen molar-refractivity contribution in [2.24, 2.45) is 0 Å². The van der Waals surface area contributed by atoms with Gasteiger partial charge in [-0.05, 0) is 20.8 Å². The third-order valence-electron chi connectivity index (χ3n) is 1.72. The summed E-state index contributed by atoms with van der Waals surface area (Å²) in [5, 5.41) is 0. The Morgan fingerprint density at radius 3 is 2.71 bits per heavy atom. The Labute approximate surface area is 83.3 Å². The molecule has 5 heteroatoms. The second-order valence-corrected chi connectivity index (χ2v) is 3.44. The molecule has 5 nitrogen and oxygen atoms in total. The van der Waals surface area contributed by atoms with Gasteiger partial charge in [0.05, 0.1) is 13.2 Å². The Morgan fingerprint density at radius 2 is 2.21 bits per heavy atom. The van der Waals surface area contributed by atoms with E-state index in [1.54, 1.807) is 6.92 Å². The quantitative estimate of drug-likeness (QED) is 0.649. The Morgan fingerprint density at radius 1 is 1.50 bits per heavy atom. The normalized spacial score (nSPS) is 24.6. The molecule has 0 unspecified atom stereocenters.